The van der Waals surface area contributed by atoms with E-state index < -0.39 is 0 Å². The number of benzene rings is 2. The van der Waals surface area contributed by atoms with Gasteiger partial charge >= 0.3 is 0 Å². The predicted molar refractivity (Wildman–Crippen MR) is 109 cm³/mol. The molecule has 0 saturated heterocycles. The van der Waals surface area contributed by atoms with E-state index in [0.29, 0.717) is 17.2 Å². The molecule has 0 unspecified atom stereocenters. The van der Waals surface area contributed by atoms with Crippen LogP contribution < -0.4 is 19.5 Å². The molecule has 0 saturated carbocycles. The monoisotopic (exact) mass is 429 g/mol. The first-order valence-electron chi connectivity index (χ1n) is 8.59. The van der Waals surface area contributed by atoms with Crippen LogP contribution in [0, 0.1) is 0 Å². The van der Waals surface area contributed by atoms with Crippen molar-refractivity contribution in [2.24, 2.45) is 0 Å². The van der Waals surface area contributed by atoms with Crippen molar-refractivity contribution in [2.45, 2.75) is 6.42 Å². The van der Waals surface area contributed by atoms with Gasteiger partial charge < -0.3 is 19.5 Å². The molecule has 6 nitrogen and oxygen atoms in total. The highest BCUT2D eigenvalue weighted by molar-refractivity contribution is 9.10. The van der Waals surface area contributed by atoms with Crippen molar-refractivity contribution in [2.75, 3.05) is 33.2 Å². The number of hydrogen-bond donors (Lipinski definition) is 1. The van der Waals surface area contributed by atoms with E-state index in [1.54, 1.807) is 21.3 Å². The Morgan fingerprint density at radius 3 is 2.37 bits per heavy atom. The molecule has 7 heteroatoms. The van der Waals surface area contributed by atoms with E-state index in [0.717, 1.165) is 40.2 Å². The lowest BCUT2D eigenvalue weighted by Crippen LogP contribution is -2.05. The summed E-state index contributed by atoms with van der Waals surface area (Å²) in [6.45, 7) is 0.884. The molecule has 2 aromatic carbocycles. The fourth-order valence-electron chi connectivity index (χ4n) is 3.42. The maximum absolute atomic E-state index is 5.51. The zero-order valence-corrected chi connectivity index (χ0v) is 17.0. The number of aromatic nitrogens is 2. The van der Waals surface area contributed by atoms with Crippen LogP contribution in [0.2, 0.25) is 0 Å². The van der Waals surface area contributed by atoms with E-state index in [9.17, 15) is 0 Å². The van der Waals surface area contributed by atoms with Crippen molar-refractivity contribution in [1.29, 1.82) is 0 Å². The average molecular weight is 430 g/mol. The highest BCUT2D eigenvalue weighted by Gasteiger charge is 2.26. The van der Waals surface area contributed by atoms with Gasteiger partial charge in [0.15, 0.2) is 11.5 Å². The third-order valence-corrected chi connectivity index (χ3v) is 5.34. The minimum absolute atomic E-state index is 0.573. The standard InChI is InChI=1S/C20H20BrN3O3/c1-25-16-10-12(11-17(26-2)19(16)27-3)18-13-8-9-22-20(13)24(23-18)15-7-5-4-6-14(15)21/h4-7,10-11,22H,8-9H2,1-3H3. The van der Waals surface area contributed by atoms with Crippen molar-refractivity contribution in [3.63, 3.8) is 0 Å². The number of anilines is 1. The summed E-state index contributed by atoms with van der Waals surface area (Å²) in [5.74, 6) is 2.82. The van der Waals surface area contributed by atoms with Gasteiger partial charge in [-0.05, 0) is 46.6 Å². The molecule has 0 aliphatic carbocycles. The van der Waals surface area contributed by atoms with Gasteiger partial charge in [-0.1, -0.05) is 12.1 Å². The summed E-state index contributed by atoms with van der Waals surface area (Å²) < 4.78 is 19.4. The first kappa shape index (κ1) is 17.7. The van der Waals surface area contributed by atoms with Gasteiger partial charge in [-0.15, -0.1) is 0 Å². The third-order valence-electron chi connectivity index (χ3n) is 4.67. The van der Waals surface area contributed by atoms with Crippen LogP contribution in [0.25, 0.3) is 16.9 Å². The van der Waals surface area contributed by atoms with Crippen LogP contribution in [-0.2, 0) is 6.42 Å². The van der Waals surface area contributed by atoms with E-state index in [1.165, 1.54) is 5.56 Å². The zero-order chi connectivity index (χ0) is 19.0. The highest BCUT2D eigenvalue weighted by Crippen LogP contribution is 2.43. The lowest BCUT2D eigenvalue weighted by Gasteiger charge is -2.13. The molecule has 0 amide bonds. The summed E-state index contributed by atoms with van der Waals surface area (Å²) in [7, 11) is 4.84. The quantitative estimate of drug-likeness (QED) is 0.655. The van der Waals surface area contributed by atoms with Crippen molar-refractivity contribution in [1.82, 2.24) is 9.78 Å². The van der Waals surface area contributed by atoms with Gasteiger partial charge in [0.25, 0.3) is 0 Å². The second kappa shape index (κ2) is 7.15. The Labute approximate surface area is 166 Å². The maximum atomic E-state index is 5.51. The smallest absolute Gasteiger partial charge is 0.203 e. The number of methoxy groups -OCH3 is 3. The first-order valence-corrected chi connectivity index (χ1v) is 9.38. The lowest BCUT2D eigenvalue weighted by atomic mass is 10.1. The average Bonchev–Trinajstić information content (AvgIpc) is 3.30. The molecule has 1 aliphatic rings. The topological polar surface area (TPSA) is 57.5 Å². The highest BCUT2D eigenvalue weighted by atomic mass is 79.9. The van der Waals surface area contributed by atoms with Crippen molar-refractivity contribution in [3.8, 4) is 34.2 Å². The fourth-order valence-corrected chi connectivity index (χ4v) is 3.87. The van der Waals surface area contributed by atoms with Gasteiger partial charge in [0.05, 0.1) is 32.7 Å². The number of nitrogens with one attached hydrogen (secondary N) is 1. The molecule has 2 heterocycles. The lowest BCUT2D eigenvalue weighted by molar-refractivity contribution is 0.324. The third kappa shape index (κ3) is 2.92. The molecule has 140 valence electrons. The second-order valence-corrected chi connectivity index (χ2v) is 6.98. The molecule has 0 radical (unpaired) electrons. The van der Waals surface area contributed by atoms with Gasteiger partial charge in [0, 0.05) is 22.1 Å². The molecule has 27 heavy (non-hydrogen) atoms. The number of ether oxygens (including phenoxy) is 3. The van der Waals surface area contributed by atoms with Crippen LogP contribution in [0.3, 0.4) is 0 Å². The van der Waals surface area contributed by atoms with E-state index in [2.05, 4.69) is 21.2 Å². The van der Waals surface area contributed by atoms with Crippen LogP contribution in [0.1, 0.15) is 5.56 Å². The minimum atomic E-state index is 0.573. The van der Waals surface area contributed by atoms with Crippen molar-refractivity contribution >= 4 is 21.7 Å². The fraction of sp³-hybridized carbons (Fsp3) is 0.250. The number of nitrogens with zero attached hydrogens (tertiary/aromatic N) is 2. The maximum Gasteiger partial charge on any atom is 0.203 e. The second-order valence-electron chi connectivity index (χ2n) is 6.13. The summed E-state index contributed by atoms with van der Waals surface area (Å²) in [6.07, 6.45) is 0.909. The Bertz CT molecular complexity index is 975. The number of hydrogen-bond acceptors (Lipinski definition) is 5. The molecular formula is C20H20BrN3O3. The minimum Gasteiger partial charge on any atom is -0.493 e. The SMILES string of the molecule is COc1cc(-c2nn(-c3ccccc3Br)c3c2CCN3)cc(OC)c1OC. The Morgan fingerprint density at radius 2 is 1.74 bits per heavy atom. The van der Waals surface area contributed by atoms with Gasteiger partial charge in [-0.25, -0.2) is 4.68 Å². The molecule has 0 atom stereocenters. The molecule has 0 spiro atoms. The van der Waals surface area contributed by atoms with Gasteiger partial charge in [-0.2, -0.15) is 5.10 Å². The predicted octanol–water partition coefficient (Wildman–Crippen LogP) is 4.30. The Morgan fingerprint density at radius 1 is 1.04 bits per heavy atom. The van der Waals surface area contributed by atoms with Gasteiger partial charge in [0.2, 0.25) is 5.75 Å². The molecule has 1 aliphatic heterocycles. The Balaban J connectivity index is 1.91. The van der Waals surface area contributed by atoms with E-state index >= 15 is 0 Å². The van der Waals surface area contributed by atoms with E-state index in [1.807, 2.05) is 41.1 Å². The van der Waals surface area contributed by atoms with Crippen LogP contribution in [0.15, 0.2) is 40.9 Å². The van der Waals surface area contributed by atoms with Gasteiger partial charge in [0.1, 0.15) is 5.82 Å². The van der Waals surface area contributed by atoms with E-state index in [4.69, 9.17) is 19.3 Å². The summed E-state index contributed by atoms with van der Waals surface area (Å²) in [5, 5.41) is 8.37. The molecule has 4 rings (SSSR count). The largest absolute Gasteiger partial charge is 0.493 e. The molecule has 0 fully saturated rings. The summed E-state index contributed by atoms with van der Waals surface area (Å²) in [6, 6.07) is 11.9. The Kier molecular flexibility index (Phi) is 4.70. The molecule has 3 aromatic rings. The summed E-state index contributed by atoms with van der Waals surface area (Å²) in [4.78, 5) is 0. The normalized spacial score (nSPS) is 12.4. The van der Waals surface area contributed by atoms with Crippen molar-refractivity contribution in [3.05, 3.63) is 46.4 Å². The number of fused-ring (bicyclic) bond motifs is 1. The van der Waals surface area contributed by atoms with Crippen LogP contribution in [0.4, 0.5) is 5.82 Å². The number of rotatable bonds is 5. The van der Waals surface area contributed by atoms with Crippen molar-refractivity contribution < 1.29 is 14.2 Å². The van der Waals surface area contributed by atoms with Crippen LogP contribution in [0.5, 0.6) is 17.2 Å². The number of halogens is 1. The van der Waals surface area contributed by atoms with Gasteiger partial charge in [-0.3, -0.25) is 0 Å². The van der Waals surface area contributed by atoms with E-state index in [-0.39, 0.29) is 0 Å². The zero-order valence-electron chi connectivity index (χ0n) is 15.4. The Hall–Kier alpha value is -2.67. The molecule has 1 N–H and O–H groups in total. The summed E-state index contributed by atoms with van der Waals surface area (Å²) >= 11 is 3.63. The number of para-hydroxylation sites is 1. The summed E-state index contributed by atoms with van der Waals surface area (Å²) in [5.41, 5.74) is 4.00. The van der Waals surface area contributed by atoms with Crippen LogP contribution >= 0.6 is 15.9 Å². The molecule has 0 bridgehead atoms. The van der Waals surface area contributed by atoms with Crippen LogP contribution in [-0.4, -0.2) is 37.7 Å². The first-order chi connectivity index (χ1) is 13.2. The molecule has 1 aromatic heterocycles. The molecular weight excluding hydrogens is 410 g/mol.